The molecule has 0 spiro atoms. The van der Waals surface area contributed by atoms with Gasteiger partial charge >= 0.3 is 0 Å². The van der Waals surface area contributed by atoms with Crippen molar-refractivity contribution >= 4 is 5.69 Å². The first-order valence-electron chi connectivity index (χ1n) is 7.47. The van der Waals surface area contributed by atoms with Gasteiger partial charge in [0.15, 0.2) is 0 Å². The number of hydrogen-bond donors (Lipinski definition) is 0. The van der Waals surface area contributed by atoms with E-state index < -0.39 is 0 Å². The Kier molecular flexibility index (Phi) is 3.29. The molecule has 1 aliphatic heterocycles. The van der Waals surface area contributed by atoms with Crippen LogP contribution in [0.25, 0.3) is 0 Å². The molecule has 0 bridgehead atoms. The first-order valence-corrected chi connectivity index (χ1v) is 7.47. The zero-order chi connectivity index (χ0) is 14.2. The minimum absolute atomic E-state index is 0.214. The minimum atomic E-state index is 0.214. The van der Waals surface area contributed by atoms with Crippen molar-refractivity contribution in [3.8, 4) is 0 Å². The van der Waals surface area contributed by atoms with Crippen LogP contribution in [0, 0.1) is 0 Å². The SMILES string of the molecule is CC(C)(C)N1CCc2cc(Cc3ccccc3)ccc21. The number of anilines is 1. The van der Waals surface area contributed by atoms with Crippen LogP contribution in [0.1, 0.15) is 37.5 Å². The van der Waals surface area contributed by atoms with E-state index in [2.05, 4.69) is 74.2 Å². The molecule has 0 saturated heterocycles. The van der Waals surface area contributed by atoms with Crippen LogP contribution in [0.4, 0.5) is 5.69 Å². The third kappa shape index (κ3) is 2.58. The predicted molar refractivity (Wildman–Crippen MR) is 86.5 cm³/mol. The molecular weight excluding hydrogens is 242 g/mol. The van der Waals surface area contributed by atoms with Crippen molar-refractivity contribution in [1.29, 1.82) is 0 Å². The zero-order valence-electron chi connectivity index (χ0n) is 12.7. The third-order valence-corrected chi connectivity index (χ3v) is 4.10. The monoisotopic (exact) mass is 265 g/mol. The van der Waals surface area contributed by atoms with E-state index in [1.165, 1.54) is 28.8 Å². The summed E-state index contributed by atoms with van der Waals surface area (Å²) in [7, 11) is 0. The Bertz CT molecular complexity index is 593. The highest BCUT2D eigenvalue weighted by Gasteiger charge is 2.28. The summed E-state index contributed by atoms with van der Waals surface area (Å²) in [5, 5.41) is 0. The highest BCUT2D eigenvalue weighted by Crippen LogP contribution is 2.34. The Hall–Kier alpha value is -1.76. The van der Waals surface area contributed by atoms with E-state index in [1.54, 1.807) is 0 Å². The quantitative estimate of drug-likeness (QED) is 0.776. The molecule has 3 rings (SSSR count). The number of benzene rings is 2. The maximum atomic E-state index is 2.52. The average molecular weight is 265 g/mol. The molecule has 1 nitrogen and oxygen atoms in total. The molecule has 0 fully saturated rings. The molecule has 2 aromatic carbocycles. The molecular formula is C19H23N. The zero-order valence-corrected chi connectivity index (χ0v) is 12.7. The van der Waals surface area contributed by atoms with Gasteiger partial charge < -0.3 is 4.90 Å². The van der Waals surface area contributed by atoms with Crippen molar-refractivity contribution in [3.05, 3.63) is 65.2 Å². The fourth-order valence-electron chi connectivity index (χ4n) is 3.09. The van der Waals surface area contributed by atoms with Crippen LogP contribution in [0.5, 0.6) is 0 Å². The molecule has 1 aliphatic rings. The van der Waals surface area contributed by atoms with Gasteiger partial charge in [0.05, 0.1) is 0 Å². The molecule has 104 valence electrons. The van der Waals surface area contributed by atoms with Gasteiger partial charge in [-0.2, -0.15) is 0 Å². The van der Waals surface area contributed by atoms with E-state index in [4.69, 9.17) is 0 Å². The van der Waals surface area contributed by atoms with Crippen LogP contribution in [0.2, 0.25) is 0 Å². The van der Waals surface area contributed by atoms with Crippen LogP contribution in [-0.4, -0.2) is 12.1 Å². The van der Waals surface area contributed by atoms with Crippen LogP contribution in [0.3, 0.4) is 0 Å². The first kappa shape index (κ1) is 13.2. The molecule has 0 aromatic heterocycles. The molecule has 0 amide bonds. The van der Waals surface area contributed by atoms with Crippen molar-refractivity contribution in [2.24, 2.45) is 0 Å². The maximum Gasteiger partial charge on any atom is 0.0404 e. The van der Waals surface area contributed by atoms with Crippen molar-refractivity contribution in [2.75, 3.05) is 11.4 Å². The van der Waals surface area contributed by atoms with E-state index in [0.717, 1.165) is 13.0 Å². The Morgan fingerprint density at radius 1 is 0.950 bits per heavy atom. The number of hydrogen-bond acceptors (Lipinski definition) is 1. The summed E-state index contributed by atoms with van der Waals surface area (Å²) >= 11 is 0. The van der Waals surface area contributed by atoms with Crippen molar-refractivity contribution < 1.29 is 0 Å². The normalized spacial score (nSPS) is 14.4. The van der Waals surface area contributed by atoms with E-state index >= 15 is 0 Å². The fraction of sp³-hybridized carbons (Fsp3) is 0.368. The molecule has 0 aliphatic carbocycles. The second-order valence-corrected chi connectivity index (χ2v) is 6.70. The second kappa shape index (κ2) is 4.97. The predicted octanol–water partition coefficient (Wildman–Crippen LogP) is 4.44. The number of nitrogens with zero attached hydrogens (tertiary/aromatic N) is 1. The molecule has 0 atom stereocenters. The molecule has 1 heteroatoms. The van der Waals surface area contributed by atoms with Crippen LogP contribution in [0.15, 0.2) is 48.5 Å². The van der Waals surface area contributed by atoms with E-state index in [-0.39, 0.29) is 5.54 Å². The largest absolute Gasteiger partial charge is 0.366 e. The van der Waals surface area contributed by atoms with Crippen molar-refractivity contribution in [2.45, 2.75) is 39.2 Å². The van der Waals surface area contributed by atoms with Crippen LogP contribution >= 0.6 is 0 Å². The molecule has 0 saturated carbocycles. The van der Waals surface area contributed by atoms with Gasteiger partial charge in [0.1, 0.15) is 0 Å². The van der Waals surface area contributed by atoms with Crippen LogP contribution in [-0.2, 0) is 12.8 Å². The summed E-state index contributed by atoms with van der Waals surface area (Å²) < 4.78 is 0. The third-order valence-electron chi connectivity index (χ3n) is 4.10. The van der Waals surface area contributed by atoms with Gasteiger partial charge in [0, 0.05) is 17.8 Å². The summed E-state index contributed by atoms with van der Waals surface area (Å²) in [6.45, 7) is 8.02. The average Bonchev–Trinajstić information content (AvgIpc) is 2.83. The van der Waals surface area contributed by atoms with Gasteiger partial charge in [-0.25, -0.2) is 0 Å². The van der Waals surface area contributed by atoms with E-state index in [0.29, 0.717) is 0 Å². The Balaban J connectivity index is 1.85. The minimum Gasteiger partial charge on any atom is -0.366 e. The van der Waals surface area contributed by atoms with E-state index in [1.807, 2.05) is 0 Å². The topological polar surface area (TPSA) is 3.24 Å². The Morgan fingerprint density at radius 3 is 2.40 bits per heavy atom. The van der Waals surface area contributed by atoms with Gasteiger partial charge in [-0.15, -0.1) is 0 Å². The standard InChI is InChI=1S/C19H23N/c1-19(2,3)20-12-11-17-14-16(9-10-18(17)20)13-15-7-5-4-6-8-15/h4-10,14H,11-13H2,1-3H3. The summed E-state index contributed by atoms with van der Waals surface area (Å²) in [6.07, 6.45) is 2.21. The summed E-state index contributed by atoms with van der Waals surface area (Å²) in [6, 6.07) is 17.7. The summed E-state index contributed by atoms with van der Waals surface area (Å²) in [5.74, 6) is 0. The smallest absolute Gasteiger partial charge is 0.0404 e. The highest BCUT2D eigenvalue weighted by atomic mass is 15.2. The molecule has 2 aromatic rings. The lowest BCUT2D eigenvalue weighted by atomic mass is 10.0. The molecule has 20 heavy (non-hydrogen) atoms. The second-order valence-electron chi connectivity index (χ2n) is 6.70. The van der Waals surface area contributed by atoms with E-state index in [9.17, 15) is 0 Å². The highest BCUT2D eigenvalue weighted by molar-refractivity contribution is 5.61. The van der Waals surface area contributed by atoms with Gasteiger partial charge in [0.2, 0.25) is 0 Å². The van der Waals surface area contributed by atoms with Crippen molar-refractivity contribution in [3.63, 3.8) is 0 Å². The molecule has 1 heterocycles. The lowest BCUT2D eigenvalue weighted by Gasteiger charge is -2.34. The number of fused-ring (bicyclic) bond motifs is 1. The lowest BCUT2D eigenvalue weighted by molar-refractivity contribution is 0.518. The van der Waals surface area contributed by atoms with Gasteiger partial charge in [-0.1, -0.05) is 42.5 Å². The molecule has 0 unspecified atom stereocenters. The van der Waals surface area contributed by atoms with Gasteiger partial charge in [-0.05, 0) is 56.4 Å². The van der Waals surface area contributed by atoms with Gasteiger partial charge in [0.25, 0.3) is 0 Å². The van der Waals surface area contributed by atoms with Gasteiger partial charge in [-0.3, -0.25) is 0 Å². The first-order chi connectivity index (χ1) is 9.54. The van der Waals surface area contributed by atoms with Crippen molar-refractivity contribution in [1.82, 2.24) is 0 Å². The molecule has 0 N–H and O–H groups in total. The fourth-order valence-corrected chi connectivity index (χ4v) is 3.09. The lowest BCUT2D eigenvalue weighted by Crippen LogP contribution is -2.40. The maximum absolute atomic E-state index is 2.52. The Labute approximate surface area is 122 Å². The van der Waals surface area contributed by atoms with Crippen LogP contribution < -0.4 is 4.90 Å². The summed E-state index contributed by atoms with van der Waals surface area (Å²) in [5.41, 5.74) is 5.96. The molecule has 0 radical (unpaired) electrons. The summed E-state index contributed by atoms with van der Waals surface area (Å²) in [4.78, 5) is 2.52. The Morgan fingerprint density at radius 2 is 1.70 bits per heavy atom. The number of rotatable bonds is 2.